The monoisotopic (exact) mass is 273 g/mol. The van der Waals surface area contributed by atoms with Gasteiger partial charge in [-0.25, -0.2) is 0 Å². The standard InChI is InChI=1S/C13H9NO3.CH6N2/c15-13(10-4-2-1-3-5-10)11-6-8-12(9-7-11)14(16)17;1-3-2/h1-9H;3H,2H2,1H3. The van der Waals surface area contributed by atoms with E-state index in [0.717, 1.165) is 0 Å². The van der Waals surface area contributed by atoms with Crippen LogP contribution in [0.1, 0.15) is 15.9 Å². The summed E-state index contributed by atoms with van der Waals surface area (Å²) in [7, 11) is 1.65. The molecule has 0 saturated carbocycles. The Balaban J connectivity index is 0.000000612. The lowest BCUT2D eigenvalue weighted by molar-refractivity contribution is -0.384. The molecule has 0 amide bonds. The van der Waals surface area contributed by atoms with Gasteiger partial charge in [0.2, 0.25) is 0 Å². The first-order valence-corrected chi connectivity index (χ1v) is 5.81. The van der Waals surface area contributed by atoms with Crippen LogP contribution < -0.4 is 11.3 Å². The number of nitro benzene ring substituents is 1. The largest absolute Gasteiger partial charge is 0.289 e. The number of benzene rings is 2. The summed E-state index contributed by atoms with van der Waals surface area (Å²) in [6.07, 6.45) is 0. The van der Waals surface area contributed by atoms with Gasteiger partial charge in [0.1, 0.15) is 0 Å². The van der Waals surface area contributed by atoms with Gasteiger partial charge in [0.15, 0.2) is 5.78 Å². The van der Waals surface area contributed by atoms with Crippen LogP contribution in [0.5, 0.6) is 0 Å². The van der Waals surface area contributed by atoms with Crippen molar-refractivity contribution in [3.05, 3.63) is 75.8 Å². The maximum Gasteiger partial charge on any atom is 0.269 e. The van der Waals surface area contributed by atoms with Crippen LogP contribution in [0.25, 0.3) is 0 Å². The third kappa shape index (κ3) is 4.27. The van der Waals surface area contributed by atoms with E-state index >= 15 is 0 Å². The van der Waals surface area contributed by atoms with Gasteiger partial charge in [-0.3, -0.25) is 26.2 Å². The second-order valence-electron chi connectivity index (χ2n) is 3.79. The first kappa shape index (κ1) is 15.5. The molecule has 0 atom stereocenters. The van der Waals surface area contributed by atoms with E-state index in [1.54, 1.807) is 31.3 Å². The predicted molar refractivity (Wildman–Crippen MR) is 76.2 cm³/mol. The van der Waals surface area contributed by atoms with Crippen molar-refractivity contribution in [2.24, 2.45) is 5.84 Å². The quantitative estimate of drug-likeness (QED) is 0.385. The molecule has 2 aromatic rings. The van der Waals surface area contributed by atoms with Gasteiger partial charge < -0.3 is 0 Å². The molecule has 0 aliphatic heterocycles. The fourth-order valence-electron chi connectivity index (χ4n) is 1.49. The van der Waals surface area contributed by atoms with Gasteiger partial charge in [-0.05, 0) is 19.2 Å². The number of nitro groups is 1. The van der Waals surface area contributed by atoms with E-state index in [9.17, 15) is 14.9 Å². The maximum absolute atomic E-state index is 12.0. The lowest BCUT2D eigenvalue weighted by atomic mass is 10.0. The highest BCUT2D eigenvalue weighted by atomic mass is 16.6. The van der Waals surface area contributed by atoms with Gasteiger partial charge in [0.05, 0.1) is 4.92 Å². The minimum Gasteiger partial charge on any atom is -0.289 e. The van der Waals surface area contributed by atoms with E-state index in [1.165, 1.54) is 24.3 Å². The van der Waals surface area contributed by atoms with Gasteiger partial charge in [-0.15, -0.1) is 0 Å². The Labute approximate surface area is 116 Å². The van der Waals surface area contributed by atoms with Crippen LogP contribution in [0.2, 0.25) is 0 Å². The van der Waals surface area contributed by atoms with Crippen LogP contribution in [0.15, 0.2) is 54.6 Å². The maximum atomic E-state index is 12.0. The third-order valence-electron chi connectivity index (χ3n) is 2.38. The number of nitrogens with two attached hydrogens (primary N) is 1. The van der Waals surface area contributed by atoms with Gasteiger partial charge in [-0.2, -0.15) is 0 Å². The molecule has 0 heterocycles. The number of hydrazine groups is 1. The zero-order valence-electron chi connectivity index (χ0n) is 10.9. The minimum absolute atomic E-state index is 0.0189. The molecule has 6 nitrogen and oxygen atoms in total. The number of nitrogens with one attached hydrogen (secondary N) is 1. The Morgan fingerprint density at radius 3 is 1.95 bits per heavy atom. The van der Waals surface area contributed by atoms with Gasteiger partial charge >= 0.3 is 0 Å². The van der Waals surface area contributed by atoms with Crippen molar-refractivity contribution in [1.82, 2.24) is 5.43 Å². The lowest BCUT2D eigenvalue weighted by Crippen LogP contribution is -2.13. The van der Waals surface area contributed by atoms with Crippen LogP contribution in [-0.2, 0) is 0 Å². The van der Waals surface area contributed by atoms with Crippen LogP contribution >= 0.6 is 0 Å². The van der Waals surface area contributed by atoms with E-state index in [0.29, 0.717) is 11.1 Å². The minimum atomic E-state index is -0.489. The Hall–Kier alpha value is -2.57. The molecule has 0 aromatic heterocycles. The van der Waals surface area contributed by atoms with Crippen molar-refractivity contribution in [3.63, 3.8) is 0 Å². The molecule has 0 unspecified atom stereocenters. The predicted octanol–water partition coefficient (Wildman–Crippen LogP) is 1.91. The SMILES string of the molecule is CNN.O=C(c1ccccc1)c1ccc([N+](=O)[O-])cc1. The average molecular weight is 273 g/mol. The van der Waals surface area contributed by atoms with Crippen molar-refractivity contribution in [1.29, 1.82) is 0 Å². The van der Waals surface area contributed by atoms with Crippen molar-refractivity contribution in [3.8, 4) is 0 Å². The van der Waals surface area contributed by atoms with Crippen molar-refractivity contribution >= 4 is 11.5 Å². The van der Waals surface area contributed by atoms with Crippen molar-refractivity contribution < 1.29 is 9.72 Å². The molecule has 104 valence electrons. The molecular weight excluding hydrogens is 258 g/mol. The molecule has 0 radical (unpaired) electrons. The number of non-ortho nitro benzene ring substituents is 1. The number of ketones is 1. The fourth-order valence-corrected chi connectivity index (χ4v) is 1.49. The number of nitrogens with zero attached hydrogens (tertiary/aromatic N) is 1. The summed E-state index contributed by atoms with van der Waals surface area (Å²) in [6.45, 7) is 0. The highest BCUT2D eigenvalue weighted by Gasteiger charge is 2.10. The smallest absolute Gasteiger partial charge is 0.269 e. The Kier molecular flexibility index (Phi) is 6.02. The topological polar surface area (TPSA) is 98.3 Å². The second-order valence-corrected chi connectivity index (χ2v) is 3.79. The molecular formula is C14H15N3O3. The Bertz CT molecular complexity index is 568. The summed E-state index contributed by atoms with van der Waals surface area (Å²) >= 11 is 0. The van der Waals surface area contributed by atoms with Crippen molar-refractivity contribution in [2.45, 2.75) is 0 Å². The molecule has 3 N–H and O–H groups in total. The molecule has 2 rings (SSSR count). The Morgan fingerprint density at radius 1 is 1.05 bits per heavy atom. The van der Waals surface area contributed by atoms with E-state index in [-0.39, 0.29) is 11.5 Å². The second kappa shape index (κ2) is 7.78. The first-order chi connectivity index (χ1) is 9.60. The van der Waals surface area contributed by atoms with Crippen LogP contribution in [0.4, 0.5) is 5.69 Å². The summed E-state index contributed by atoms with van der Waals surface area (Å²) in [4.78, 5) is 21.9. The van der Waals surface area contributed by atoms with E-state index < -0.39 is 4.92 Å². The van der Waals surface area contributed by atoms with Gasteiger partial charge in [0, 0.05) is 23.3 Å². The lowest BCUT2D eigenvalue weighted by Gasteiger charge is -2.00. The molecule has 0 bridgehead atoms. The summed E-state index contributed by atoms with van der Waals surface area (Å²) < 4.78 is 0. The zero-order valence-corrected chi connectivity index (χ0v) is 10.9. The molecule has 20 heavy (non-hydrogen) atoms. The summed E-state index contributed by atoms with van der Waals surface area (Å²) in [5, 5.41) is 10.5. The van der Waals surface area contributed by atoms with Crippen molar-refractivity contribution in [2.75, 3.05) is 7.05 Å². The van der Waals surface area contributed by atoms with Gasteiger partial charge in [0.25, 0.3) is 5.69 Å². The fraction of sp³-hybridized carbons (Fsp3) is 0.0714. The molecule has 0 fully saturated rings. The summed E-state index contributed by atoms with van der Waals surface area (Å²) in [5.41, 5.74) is 3.25. The molecule has 6 heteroatoms. The average Bonchev–Trinajstić information content (AvgIpc) is 2.48. The number of carbonyl (C=O) groups excluding carboxylic acids is 1. The van der Waals surface area contributed by atoms with Crippen LogP contribution in [0.3, 0.4) is 0 Å². The van der Waals surface area contributed by atoms with Crippen LogP contribution in [-0.4, -0.2) is 17.8 Å². The van der Waals surface area contributed by atoms with E-state index in [1.807, 2.05) is 6.07 Å². The molecule has 0 spiro atoms. The van der Waals surface area contributed by atoms with Crippen LogP contribution in [0, 0.1) is 10.1 Å². The zero-order chi connectivity index (χ0) is 15.0. The highest BCUT2D eigenvalue weighted by Crippen LogP contribution is 2.15. The number of rotatable bonds is 3. The molecule has 0 saturated heterocycles. The number of carbonyl (C=O) groups is 1. The number of hydrogen-bond donors (Lipinski definition) is 2. The molecule has 2 aromatic carbocycles. The molecule has 0 aliphatic rings. The summed E-state index contributed by atoms with van der Waals surface area (Å²) in [6, 6.07) is 14.4. The van der Waals surface area contributed by atoms with E-state index in [2.05, 4.69) is 11.3 Å². The number of hydrogen-bond acceptors (Lipinski definition) is 5. The normalized spacial score (nSPS) is 9.30. The third-order valence-corrected chi connectivity index (χ3v) is 2.38. The Morgan fingerprint density at radius 2 is 1.50 bits per heavy atom. The summed E-state index contributed by atoms with van der Waals surface area (Å²) in [5.74, 6) is 4.46. The molecule has 0 aliphatic carbocycles. The first-order valence-electron chi connectivity index (χ1n) is 5.81. The van der Waals surface area contributed by atoms with Gasteiger partial charge in [-0.1, -0.05) is 30.3 Å². The van der Waals surface area contributed by atoms with E-state index in [4.69, 9.17) is 0 Å². The highest BCUT2D eigenvalue weighted by molar-refractivity contribution is 6.09.